The van der Waals surface area contributed by atoms with Gasteiger partial charge in [0.1, 0.15) is 5.82 Å². The summed E-state index contributed by atoms with van der Waals surface area (Å²) >= 11 is 0. The van der Waals surface area contributed by atoms with Gasteiger partial charge in [-0.25, -0.2) is 4.39 Å². The van der Waals surface area contributed by atoms with E-state index in [9.17, 15) is 4.39 Å². The normalized spacial score (nSPS) is 22.9. The molecule has 1 aromatic rings. The molecule has 0 radical (unpaired) electrons. The van der Waals surface area contributed by atoms with Crippen LogP contribution < -0.4 is 5.32 Å². The van der Waals surface area contributed by atoms with E-state index in [0.717, 1.165) is 57.3 Å². The van der Waals surface area contributed by atoms with Crippen molar-refractivity contribution in [3.05, 3.63) is 35.1 Å². The van der Waals surface area contributed by atoms with E-state index in [1.165, 1.54) is 0 Å². The van der Waals surface area contributed by atoms with Crippen LogP contribution in [0.4, 0.5) is 4.39 Å². The van der Waals surface area contributed by atoms with Crippen LogP contribution >= 0.6 is 0 Å². The molecular weight excluding hydrogens is 307 g/mol. The van der Waals surface area contributed by atoms with Crippen molar-refractivity contribution in [3.63, 3.8) is 0 Å². The van der Waals surface area contributed by atoms with Crippen molar-refractivity contribution in [1.82, 2.24) is 15.1 Å². The number of ether oxygens (including phenoxy) is 1. The highest BCUT2D eigenvalue weighted by atomic mass is 19.1. The molecule has 0 amide bonds. The van der Waals surface area contributed by atoms with Crippen LogP contribution in [0.25, 0.3) is 0 Å². The number of benzene rings is 1. The molecule has 1 aromatic carbocycles. The number of morpholine rings is 1. The second-order valence-corrected chi connectivity index (χ2v) is 6.52. The quantitative estimate of drug-likeness (QED) is 0.674. The Morgan fingerprint density at radius 2 is 2.12 bits per heavy atom. The Bertz CT molecular complexity index is 586. The van der Waals surface area contributed by atoms with Gasteiger partial charge in [-0.3, -0.25) is 9.89 Å². The molecule has 1 atom stereocenters. The van der Waals surface area contributed by atoms with E-state index in [0.29, 0.717) is 18.2 Å². The number of nitrogens with one attached hydrogen (secondary N) is 1. The van der Waals surface area contributed by atoms with Gasteiger partial charge in [-0.2, -0.15) is 0 Å². The highest BCUT2D eigenvalue weighted by Crippen LogP contribution is 2.17. The molecule has 1 unspecified atom stereocenters. The number of likely N-dealkylation sites (tertiary alicyclic amines) is 1. The fraction of sp³-hybridized carbons (Fsp3) is 0.611. The molecule has 2 aliphatic rings. The van der Waals surface area contributed by atoms with E-state index >= 15 is 0 Å². The first-order valence-corrected chi connectivity index (χ1v) is 8.70. The maximum absolute atomic E-state index is 13.7. The minimum Gasteiger partial charge on any atom is -0.379 e. The van der Waals surface area contributed by atoms with Crippen LogP contribution in [0.5, 0.6) is 0 Å². The summed E-state index contributed by atoms with van der Waals surface area (Å²) in [7, 11) is 1.81. The van der Waals surface area contributed by atoms with Crippen LogP contribution in [0.2, 0.25) is 0 Å². The zero-order chi connectivity index (χ0) is 16.9. The zero-order valence-electron chi connectivity index (χ0n) is 14.6. The molecule has 0 aliphatic carbocycles. The molecule has 132 valence electrons. The summed E-state index contributed by atoms with van der Waals surface area (Å²) in [4.78, 5) is 9.22. The van der Waals surface area contributed by atoms with Gasteiger partial charge in [-0.15, -0.1) is 0 Å². The lowest BCUT2D eigenvalue weighted by atomic mass is 10.1. The van der Waals surface area contributed by atoms with E-state index in [1.54, 1.807) is 20.0 Å². The van der Waals surface area contributed by atoms with Gasteiger partial charge >= 0.3 is 0 Å². The second-order valence-electron chi connectivity index (χ2n) is 6.52. The minimum absolute atomic E-state index is 0.155. The van der Waals surface area contributed by atoms with Crippen molar-refractivity contribution >= 4 is 5.96 Å². The van der Waals surface area contributed by atoms with Crippen LogP contribution in [0.1, 0.15) is 17.5 Å². The molecule has 2 heterocycles. The largest absolute Gasteiger partial charge is 0.379 e. The average Bonchev–Trinajstić information content (AvgIpc) is 3.09. The number of rotatable bonds is 3. The molecule has 0 saturated carbocycles. The van der Waals surface area contributed by atoms with Crippen LogP contribution in [0.15, 0.2) is 23.2 Å². The Morgan fingerprint density at radius 3 is 2.83 bits per heavy atom. The molecule has 0 aromatic heterocycles. The Kier molecular flexibility index (Phi) is 5.68. The topological polar surface area (TPSA) is 40.1 Å². The van der Waals surface area contributed by atoms with Crippen molar-refractivity contribution in [3.8, 4) is 0 Å². The molecule has 0 bridgehead atoms. The first-order chi connectivity index (χ1) is 11.7. The van der Waals surface area contributed by atoms with E-state index in [2.05, 4.69) is 20.1 Å². The third-order valence-corrected chi connectivity index (χ3v) is 4.92. The number of aryl methyl sites for hydroxylation is 1. The van der Waals surface area contributed by atoms with Crippen LogP contribution in [-0.4, -0.2) is 68.2 Å². The van der Waals surface area contributed by atoms with E-state index < -0.39 is 0 Å². The van der Waals surface area contributed by atoms with Gasteiger partial charge in [0.05, 0.1) is 13.2 Å². The van der Waals surface area contributed by atoms with Crippen LogP contribution in [-0.2, 0) is 11.3 Å². The summed E-state index contributed by atoms with van der Waals surface area (Å²) in [5.74, 6) is 0.740. The Hall–Kier alpha value is -1.66. The molecule has 6 heteroatoms. The Labute approximate surface area is 143 Å². The van der Waals surface area contributed by atoms with E-state index in [-0.39, 0.29) is 5.82 Å². The molecule has 24 heavy (non-hydrogen) atoms. The third-order valence-electron chi connectivity index (χ3n) is 4.92. The maximum Gasteiger partial charge on any atom is 0.193 e. The highest BCUT2D eigenvalue weighted by molar-refractivity contribution is 5.80. The van der Waals surface area contributed by atoms with Gasteiger partial charge in [0.2, 0.25) is 0 Å². The molecule has 3 rings (SSSR count). The Morgan fingerprint density at radius 1 is 1.33 bits per heavy atom. The number of aliphatic imine (C=N–C) groups is 1. The number of hydrogen-bond acceptors (Lipinski definition) is 3. The van der Waals surface area contributed by atoms with Crippen molar-refractivity contribution in [2.45, 2.75) is 25.9 Å². The first-order valence-electron chi connectivity index (χ1n) is 8.70. The van der Waals surface area contributed by atoms with Gasteiger partial charge < -0.3 is 15.0 Å². The summed E-state index contributed by atoms with van der Waals surface area (Å²) in [6.07, 6.45) is 1.15. The molecule has 2 aliphatic heterocycles. The van der Waals surface area contributed by atoms with Crippen molar-refractivity contribution < 1.29 is 9.13 Å². The number of halogens is 1. The van der Waals surface area contributed by atoms with Crippen molar-refractivity contribution in [1.29, 1.82) is 0 Å². The van der Waals surface area contributed by atoms with Gasteiger partial charge in [0.15, 0.2) is 5.96 Å². The molecule has 5 nitrogen and oxygen atoms in total. The standard InChI is InChI=1S/C18H27FN4O/c1-14-3-4-15(11-17(14)19)12-21-18(20-2)23-6-5-16(13-23)22-7-9-24-10-8-22/h3-4,11,16H,5-10,12-13H2,1-2H3,(H,20,21). The first kappa shape index (κ1) is 17.2. The summed E-state index contributed by atoms with van der Waals surface area (Å²) in [5.41, 5.74) is 1.61. The van der Waals surface area contributed by atoms with Crippen molar-refractivity contribution in [2.24, 2.45) is 4.99 Å². The molecule has 1 N–H and O–H groups in total. The lowest BCUT2D eigenvalue weighted by molar-refractivity contribution is 0.0195. The predicted octanol–water partition coefficient (Wildman–Crippen LogP) is 1.62. The molecule has 2 saturated heterocycles. The Balaban J connectivity index is 1.53. The lowest BCUT2D eigenvalue weighted by Gasteiger charge is -2.32. The molecule has 0 spiro atoms. The van der Waals surface area contributed by atoms with Crippen molar-refractivity contribution in [2.75, 3.05) is 46.4 Å². The highest BCUT2D eigenvalue weighted by Gasteiger charge is 2.30. The predicted molar refractivity (Wildman–Crippen MR) is 93.7 cm³/mol. The van der Waals surface area contributed by atoms with E-state index in [1.807, 2.05) is 12.1 Å². The van der Waals surface area contributed by atoms with E-state index in [4.69, 9.17) is 4.74 Å². The van der Waals surface area contributed by atoms with Gasteiger partial charge in [0.25, 0.3) is 0 Å². The maximum atomic E-state index is 13.7. The van der Waals surface area contributed by atoms with Gasteiger partial charge in [-0.05, 0) is 30.5 Å². The summed E-state index contributed by atoms with van der Waals surface area (Å²) in [5, 5.41) is 3.36. The summed E-state index contributed by atoms with van der Waals surface area (Å²) in [6, 6.07) is 5.94. The fourth-order valence-electron chi connectivity index (χ4n) is 3.43. The SMILES string of the molecule is CN=C(NCc1ccc(C)c(F)c1)N1CCC(N2CCOCC2)C1. The molecule has 2 fully saturated rings. The fourth-order valence-corrected chi connectivity index (χ4v) is 3.43. The lowest BCUT2D eigenvalue weighted by Crippen LogP contribution is -2.46. The zero-order valence-corrected chi connectivity index (χ0v) is 14.6. The minimum atomic E-state index is -0.155. The second kappa shape index (κ2) is 7.94. The summed E-state index contributed by atoms with van der Waals surface area (Å²) in [6.45, 7) is 8.07. The average molecular weight is 334 g/mol. The third kappa shape index (κ3) is 4.05. The molecular formula is C18H27FN4O. The van der Waals surface area contributed by atoms with Gasteiger partial charge in [0, 0.05) is 45.8 Å². The number of nitrogens with zero attached hydrogens (tertiary/aromatic N) is 3. The smallest absolute Gasteiger partial charge is 0.193 e. The summed E-state index contributed by atoms with van der Waals surface area (Å²) < 4.78 is 19.1. The van der Waals surface area contributed by atoms with Crippen LogP contribution in [0, 0.1) is 12.7 Å². The monoisotopic (exact) mass is 334 g/mol. The van der Waals surface area contributed by atoms with Gasteiger partial charge in [-0.1, -0.05) is 12.1 Å². The number of hydrogen-bond donors (Lipinski definition) is 1. The number of guanidine groups is 1. The van der Waals surface area contributed by atoms with Crippen LogP contribution in [0.3, 0.4) is 0 Å².